The summed E-state index contributed by atoms with van der Waals surface area (Å²) in [5, 5.41) is 3.28. The van der Waals surface area contributed by atoms with Crippen LogP contribution in [0.1, 0.15) is 0 Å². The first kappa shape index (κ1) is 16.4. The van der Waals surface area contributed by atoms with Crippen molar-refractivity contribution in [2.75, 3.05) is 0 Å². The Morgan fingerprint density at radius 2 is 0.818 bits per heavy atom. The van der Waals surface area contributed by atoms with E-state index < -0.39 is 7.26 Å². The van der Waals surface area contributed by atoms with Gasteiger partial charge >= 0.3 is 0 Å². The lowest BCUT2D eigenvalue weighted by Gasteiger charge is -2.20. The van der Waals surface area contributed by atoms with Gasteiger partial charge in [-0.05, 0) is 36.4 Å². The molecule has 0 aliphatic rings. The zero-order chi connectivity index (χ0) is 14.5. The molecular formula is C19H16ClOP. The van der Waals surface area contributed by atoms with Gasteiger partial charge in [-0.3, -0.25) is 4.79 Å². The van der Waals surface area contributed by atoms with Gasteiger partial charge in [-0.25, -0.2) is 0 Å². The van der Waals surface area contributed by atoms with E-state index in [9.17, 15) is 4.79 Å². The maximum Gasteiger partial charge on any atom is 0.271 e. The molecule has 0 unspecified atom stereocenters. The largest absolute Gasteiger partial charge is 1.00 e. The van der Waals surface area contributed by atoms with E-state index in [2.05, 4.69) is 36.4 Å². The highest BCUT2D eigenvalue weighted by Crippen LogP contribution is 2.52. The predicted octanol–water partition coefficient (Wildman–Crippen LogP) is 0.175. The molecule has 0 amide bonds. The fourth-order valence-corrected chi connectivity index (χ4v) is 5.81. The average molecular weight is 327 g/mol. The standard InChI is InChI=1S/C19H16OP.ClH/c20-16-21(17-10-4-1-5-11-17,18-12-6-2-7-13-18)19-14-8-3-9-15-19;/h1-16H;1H/q+1;/p-1. The van der Waals surface area contributed by atoms with Crippen LogP contribution in [0.3, 0.4) is 0 Å². The summed E-state index contributed by atoms with van der Waals surface area (Å²) in [5.74, 6) is 0. The fraction of sp³-hybridized carbons (Fsp3) is 0. The van der Waals surface area contributed by atoms with Gasteiger partial charge in [0.2, 0.25) is 0 Å². The molecule has 3 rings (SSSR count). The number of carbonyl (C=O) groups is 1. The smallest absolute Gasteiger partial charge is 0.271 e. The minimum Gasteiger partial charge on any atom is -1.00 e. The molecule has 3 aromatic carbocycles. The van der Waals surface area contributed by atoms with Gasteiger partial charge in [-0.2, -0.15) is 0 Å². The summed E-state index contributed by atoms with van der Waals surface area (Å²) in [5.41, 5.74) is 0. The summed E-state index contributed by atoms with van der Waals surface area (Å²) in [7, 11) is -2.21. The van der Waals surface area contributed by atoms with E-state index in [1.165, 1.54) is 0 Å². The predicted molar refractivity (Wildman–Crippen MR) is 91.9 cm³/mol. The van der Waals surface area contributed by atoms with Crippen molar-refractivity contribution in [3.05, 3.63) is 91.0 Å². The molecule has 1 nitrogen and oxygen atoms in total. The van der Waals surface area contributed by atoms with Crippen LogP contribution in [0.2, 0.25) is 0 Å². The van der Waals surface area contributed by atoms with E-state index in [1.54, 1.807) is 0 Å². The minimum atomic E-state index is -2.21. The third-order valence-electron chi connectivity index (χ3n) is 3.65. The Morgan fingerprint density at radius 1 is 0.545 bits per heavy atom. The second kappa shape index (κ2) is 7.35. The lowest BCUT2D eigenvalue weighted by molar-refractivity contribution is -0.00000503. The highest BCUT2D eigenvalue weighted by atomic mass is 35.5. The van der Waals surface area contributed by atoms with Gasteiger partial charge in [0.1, 0.15) is 15.9 Å². The van der Waals surface area contributed by atoms with Crippen LogP contribution >= 0.6 is 7.26 Å². The van der Waals surface area contributed by atoms with E-state index in [-0.39, 0.29) is 12.4 Å². The highest BCUT2D eigenvalue weighted by molar-refractivity contribution is 8.06. The molecule has 3 heteroatoms. The summed E-state index contributed by atoms with van der Waals surface area (Å²) < 4.78 is 0. The zero-order valence-corrected chi connectivity index (χ0v) is 13.6. The molecule has 110 valence electrons. The molecule has 0 aromatic heterocycles. The van der Waals surface area contributed by atoms with Gasteiger partial charge in [-0.1, -0.05) is 54.6 Å². The maximum absolute atomic E-state index is 12.3. The van der Waals surface area contributed by atoms with Crippen molar-refractivity contribution >= 4 is 29.2 Å². The average Bonchev–Trinajstić information content (AvgIpc) is 2.59. The molecule has 0 N–H and O–H groups in total. The summed E-state index contributed by atoms with van der Waals surface area (Å²) in [6, 6.07) is 31.5. The third-order valence-corrected chi connectivity index (χ3v) is 7.30. The SMILES string of the molecule is O=C[P+](c1ccccc1)(c1ccccc1)c1ccccc1.[Cl-]. The van der Waals surface area contributed by atoms with E-state index in [1.807, 2.05) is 54.6 Å². The normalized spacial score (nSPS) is 10.5. The zero-order valence-electron chi connectivity index (χ0n) is 12.0. The summed E-state index contributed by atoms with van der Waals surface area (Å²) in [6.45, 7) is 0. The van der Waals surface area contributed by atoms with E-state index >= 15 is 0 Å². The number of benzene rings is 3. The summed E-state index contributed by atoms with van der Waals surface area (Å²) in [6.07, 6.45) is 0. The number of hydrogen-bond acceptors (Lipinski definition) is 1. The third kappa shape index (κ3) is 2.83. The van der Waals surface area contributed by atoms with Crippen LogP contribution in [0.5, 0.6) is 0 Å². The lowest BCUT2D eigenvalue weighted by atomic mass is 10.4. The number of halogens is 1. The Morgan fingerprint density at radius 3 is 1.05 bits per heavy atom. The summed E-state index contributed by atoms with van der Waals surface area (Å²) in [4.78, 5) is 12.3. The molecule has 0 fully saturated rings. The second-order valence-corrected chi connectivity index (χ2v) is 8.04. The van der Waals surface area contributed by atoms with Crippen molar-refractivity contribution in [1.29, 1.82) is 0 Å². The molecule has 0 bridgehead atoms. The monoisotopic (exact) mass is 326 g/mol. The van der Waals surface area contributed by atoms with Crippen LogP contribution in [0.15, 0.2) is 91.0 Å². The van der Waals surface area contributed by atoms with Gasteiger partial charge in [0.15, 0.2) is 7.26 Å². The molecule has 0 aliphatic carbocycles. The number of rotatable bonds is 4. The van der Waals surface area contributed by atoms with Crippen LogP contribution in [0, 0.1) is 0 Å². The van der Waals surface area contributed by atoms with Crippen molar-refractivity contribution in [3.8, 4) is 0 Å². The minimum absolute atomic E-state index is 0. The summed E-state index contributed by atoms with van der Waals surface area (Å²) >= 11 is 0. The van der Waals surface area contributed by atoms with Crippen molar-refractivity contribution in [2.24, 2.45) is 0 Å². The Labute approximate surface area is 137 Å². The van der Waals surface area contributed by atoms with Gasteiger partial charge in [-0.15, -0.1) is 0 Å². The van der Waals surface area contributed by atoms with E-state index in [0.29, 0.717) is 0 Å². The Hall–Kier alpha value is -1.95. The molecule has 0 saturated carbocycles. The Bertz CT molecular complexity index is 618. The molecule has 22 heavy (non-hydrogen) atoms. The highest BCUT2D eigenvalue weighted by Gasteiger charge is 2.45. The topological polar surface area (TPSA) is 17.1 Å². The van der Waals surface area contributed by atoms with Gasteiger partial charge < -0.3 is 12.4 Å². The van der Waals surface area contributed by atoms with Crippen LogP contribution in [0.4, 0.5) is 0 Å². The Balaban J connectivity index is 0.00000176. The van der Waals surface area contributed by atoms with Gasteiger partial charge in [0.05, 0.1) is 0 Å². The molecule has 0 atom stereocenters. The second-order valence-electron chi connectivity index (χ2n) is 4.83. The Kier molecular flexibility index (Phi) is 5.49. The molecule has 0 spiro atoms. The first-order chi connectivity index (χ1) is 10.4. The van der Waals surface area contributed by atoms with Gasteiger partial charge in [0, 0.05) is 0 Å². The van der Waals surface area contributed by atoms with E-state index in [0.717, 1.165) is 21.9 Å². The van der Waals surface area contributed by atoms with Gasteiger partial charge in [0.25, 0.3) is 6.03 Å². The molecular weight excluding hydrogens is 311 g/mol. The molecule has 3 aromatic rings. The fourth-order valence-electron chi connectivity index (χ4n) is 2.62. The van der Waals surface area contributed by atoms with Crippen LogP contribution in [0.25, 0.3) is 0 Å². The first-order valence-corrected chi connectivity index (χ1v) is 8.75. The molecule has 0 radical (unpaired) electrons. The van der Waals surface area contributed by atoms with Crippen LogP contribution < -0.4 is 28.3 Å². The van der Waals surface area contributed by atoms with Crippen molar-refractivity contribution in [3.63, 3.8) is 0 Å². The molecule has 0 saturated heterocycles. The quantitative estimate of drug-likeness (QED) is 0.494. The first-order valence-electron chi connectivity index (χ1n) is 6.90. The lowest BCUT2D eigenvalue weighted by Crippen LogP contribution is -3.00. The van der Waals surface area contributed by atoms with Crippen molar-refractivity contribution in [1.82, 2.24) is 0 Å². The number of hydrogen-bond donors (Lipinski definition) is 0. The van der Waals surface area contributed by atoms with Crippen LogP contribution in [-0.2, 0) is 4.79 Å². The van der Waals surface area contributed by atoms with Crippen molar-refractivity contribution < 1.29 is 17.2 Å². The molecule has 0 heterocycles. The van der Waals surface area contributed by atoms with Crippen molar-refractivity contribution in [2.45, 2.75) is 0 Å². The molecule has 0 aliphatic heterocycles. The van der Waals surface area contributed by atoms with E-state index in [4.69, 9.17) is 0 Å². The van der Waals surface area contributed by atoms with Crippen LogP contribution in [-0.4, -0.2) is 6.03 Å². The number of carbonyl (C=O) groups excluding carboxylic acids is 1. The maximum atomic E-state index is 12.3.